The number of nitrogens with zero attached hydrogens (tertiary/aromatic N) is 1. The van der Waals surface area contributed by atoms with E-state index in [0.717, 1.165) is 6.07 Å². The molecule has 0 heterocycles. The maximum atomic E-state index is 13.1. The molecule has 0 fully saturated rings. The smallest absolute Gasteiger partial charge is 0.327 e. The zero-order valence-corrected chi connectivity index (χ0v) is 17.1. The molecule has 10 nitrogen and oxygen atoms in total. The number of nitro benzene ring substituents is 1. The average Bonchev–Trinajstić information content (AvgIpc) is 2.75. The van der Waals surface area contributed by atoms with Gasteiger partial charge in [0.25, 0.3) is 5.91 Å². The molecular formula is C20H22FN3O7. The van der Waals surface area contributed by atoms with E-state index >= 15 is 0 Å². The number of nitrogens with two attached hydrogens (primary N) is 1. The minimum Gasteiger partial charge on any atom is -0.493 e. The van der Waals surface area contributed by atoms with Gasteiger partial charge in [-0.25, -0.2) is 4.39 Å². The number of amides is 2. The SMILES string of the molecule is COc1cc(C(=O)NCC(Cc2ccc(F)cc2)C(N)=O)c([N+](=O)[O-])c(OC)c1OC. The second-order valence-corrected chi connectivity index (χ2v) is 6.44. The van der Waals surface area contributed by atoms with Crippen molar-refractivity contribution < 1.29 is 33.1 Å². The van der Waals surface area contributed by atoms with E-state index in [0.29, 0.717) is 5.56 Å². The summed E-state index contributed by atoms with van der Waals surface area (Å²) in [6.07, 6.45) is 0.146. The molecule has 0 aliphatic rings. The number of rotatable bonds is 10. The van der Waals surface area contributed by atoms with Gasteiger partial charge in [-0.3, -0.25) is 19.7 Å². The van der Waals surface area contributed by atoms with Crippen molar-refractivity contribution in [2.45, 2.75) is 6.42 Å². The lowest BCUT2D eigenvalue weighted by molar-refractivity contribution is -0.386. The average molecular weight is 435 g/mol. The number of primary amides is 1. The standard InChI is InChI=1S/C20H22FN3O7/c1-29-15-9-14(16(24(27)28)18(31-3)17(15)30-2)20(26)23-10-12(19(22)25)8-11-4-6-13(21)7-5-11/h4-7,9,12H,8,10H2,1-3H3,(H2,22,25)(H,23,26). The molecule has 1 atom stereocenters. The molecule has 3 N–H and O–H groups in total. The van der Waals surface area contributed by atoms with E-state index < -0.39 is 34.2 Å². The van der Waals surface area contributed by atoms with Gasteiger partial charge in [-0.15, -0.1) is 0 Å². The molecular weight excluding hydrogens is 413 g/mol. The number of benzene rings is 2. The van der Waals surface area contributed by atoms with E-state index in [4.69, 9.17) is 19.9 Å². The molecule has 0 aliphatic heterocycles. The van der Waals surface area contributed by atoms with Gasteiger partial charge < -0.3 is 25.3 Å². The Morgan fingerprint density at radius 3 is 2.23 bits per heavy atom. The van der Waals surface area contributed by atoms with Crippen molar-refractivity contribution in [2.24, 2.45) is 11.7 Å². The fourth-order valence-electron chi connectivity index (χ4n) is 2.98. The summed E-state index contributed by atoms with van der Waals surface area (Å²) >= 11 is 0. The van der Waals surface area contributed by atoms with Gasteiger partial charge in [0, 0.05) is 12.6 Å². The third-order valence-corrected chi connectivity index (χ3v) is 4.54. The Balaban J connectivity index is 2.31. The van der Waals surface area contributed by atoms with Crippen molar-refractivity contribution in [3.05, 3.63) is 57.4 Å². The Kier molecular flexibility index (Phi) is 7.72. The van der Waals surface area contributed by atoms with Crippen molar-refractivity contribution in [1.82, 2.24) is 5.32 Å². The summed E-state index contributed by atoms with van der Waals surface area (Å²) in [5.74, 6) is -3.06. The molecule has 1 unspecified atom stereocenters. The first-order chi connectivity index (χ1) is 14.7. The van der Waals surface area contributed by atoms with Crippen LogP contribution in [0.15, 0.2) is 30.3 Å². The van der Waals surface area contributed by atoms with E-state index in [1.165, 1.54) is 45.6 Å². The summed E-state index contributed by atoms with van der Waals surface area (Å²) < 4.78 is 28.4. The molecule has 0 aromatic heterocycles. The van der Waals surface area contributed by atoms with Crippen molar-refractivity contribution in [3.63, 3.8) is 0 Å². The number of ether oxygens (including phenoxy) is 3. The number of nitro groups is 1. The van der Waals surface area contributed by atoms with Gasteiger partial charge in [-0.05, 0) is 24.1 Å². The lowest BCUT2D eigenvalue weighted by Crippen LogP contribution is -2.37. The first kappa shape index (κ1) is 23.4. The van der Waals surface area contributed by atoms with Gasteiger partial charge in [0.15, 0.2) is 5.75 Å². The molecule has 166 valence electrons. The number of carbonyl (C=O) groups excluding carboxylic acids is 2. The second-order valence-electron chi connectivity index (χ2n) is 6.44. The molecule has 0 bridgehead atoms. The summed E-state index contributed by atoms with van der Waals surface area (Å²) in [5, 5.41) is 14.1. The Labute approximate surface area is 177 Å². The number of methoxy groups -OCH3 is 3. The van der Waals surface area contributed by atoms with E-state index in [1.807, 2.05) is 0 Å². The topological polar surface area (TPSA) is 143 Å². The molecule has 2 amide bonds. The third-order valence-electron chi connectivity index (χ3n) is 4.54. The highest BCUT2D eigenvalue weighted by molar-refractivity contribution is 6.00. The van der Waals surface area contributed by atoms with Gasteiger partial charge >= 0.3 is 5.69 Å². The largest absolute Gasteiger partial charge is 0.493 e. The molecule has 0 spiro atoms. The lowest BCUT2D eigenvalue weighted by Gasteiger charge is -2.17. The summed E-state index contributed by atoms with van der Waals surface area (Å²) in [4.78, 5) is 35.4. The molecule has 31 heavy (non-hydrogen) atoms. The van der Waals surface area contributed by atoms with Gasteiger partial charge in [0.2, 0.25) is 17.4 Å². The highest BCUT2D eigenvalue weighted by Gasteiger charge is 2.32. The predicted octanol–water partition coefficient (Wildman–Crippen LogP) is 1.83. The normalized spacial score (nSPS) is 11.4. The predicted molar refractivity (Wildman–Crippen MR) is 108 cm³/mol. The van der Waals surface area contributed by atoms with Crippen LogP contribution in [0.1, 0.15) is 15.9 Å². The number of carbonyl (C=O) groups is 2. The zero-order valence-electron chi connectivity index (χ0n) is 17.1. The Bertz CT molecular complexity index is 980. The van der Waals surface area contributed by atoms with E-state index in [9.17, 15) is 24.1 Å². The summed E-state index contributed by atoms with van der Waals surface area (Å²) in [6.45, 7) is -0.195. The molecule has 2 aromatic carbocycles. The van der Waals surface area contributed by atoms with Gasteiger partial charge in [-0.2, -0.15) is 0 Å². The summed E-state index contributed by atoms with van der Waals surface area (Å²) in [7, 11) is 3.77. The van der Waals surface area contributed by atoms with E-state index in [2.05, 4.69) is 5.32 Å². The fraction of sp³-hybridized carbons (Fsp3) is 0.300. The monoisotopic (exact) mass is 435 g/mol. The molecule has 0 saturated carbocycles. The van der Waals surface area contributed by atoms with Crippen LogP contribution < -0.4 is 25.3 Å². The number of hydrogen-bond donors (Lipinski definition) is 2. The molecule has 2 aromatic rings. The Morgan fingerprint density at radius 2 is 1.74 bits per heavy atom. The Hall–Kier alpha value is -3.89. The van der Waals surface area contributed by atoms with Crippen molar-refractivity contribution >= 4 is 17.5 Å². The van der Waals surface area contributed by atoms with Crippen LogP contribution in [0, 0.1) is 21.8 Å². The number of halogens is 1. The first-order valence-electron chi connectivity index (χ1n) is 9.02. The fourth-order valence-corrected chi connectivity index (χ4v) is 2.98. The van der Waals surface area contributed by atoms with Crippen LogP contribution in [0.25, 0.3) is 0 Å². The summed E-state index contributed by atoms with van der Waals surface area (Å²) in [6, 6.07) is 6.62. The molecule has 11 heteroatoms. The molecule has 0 saturated heterocycles. The maximum Gasteiger partial charge on any atom is 0.327 e. The second kappa shape index (κ2) is 10.2. The minimum absolute atomic E-state index is 0.0421. The van der Waals surface area contributed by atoms with Gasteiger partial charge in [-0.1, -0.05) is 12.1 Å². The zero-order chi connectivity index (χ0) is 23.1. The van der Waals surface area contributed by atoms with Crippen molar-refractivity contribution in [3.8, 4) is 17.2 Å². The summed E-state index contributed by atoms with van der Waals surface area (Å²) in [5.41, 5.74) is 5.09. The van der Waals surface area contributed by atoms with Crippen LogP contribution in [0.2, 0.25) is 0 Å². The van der Waals surface area contributed by atoms with Crippen LogP contribution in [-0.4, -0.2) is 44.6 Å². The van der Waals surface area contributed by atoms with E-state index in [-0.39, 0.29) is 35.8 Å². The highest BCUT2D eigenvalue weighted by Crippen LogP contribution is 2.46. The van der Waals surface area contributed by atoms with Crippen LogP contribution >= 0.6 is 0 Å². The van der Waals surface area contributed by atoms with Crippen LogP contribution in [-0.2, 0) is 11.2 Å². The van der Waals surface area contributed by atoms with E-state index in [1.54, 1.807) is 0 Å². The van der Waals surface area contributed by atoms with Gasteiger partial charge in [0.1, 0.15) is 11.4 Å². The number of nitrogens with one attached hydrogen (secondary N) is 1. The quantitative estimate of drug-likeness (QED) is 0.428. The lowest BCUT2D eigenvalue weighted by atomic mass is 9.98. The molecule has 0 radical (unpaired) electrons. The van der Waals surface area contributed by atoms with Crippen molar-refractivity contribution in [1.29, 1.82) is 0 Å². The first-order valence-corrected chi connectivity index (χ1v) is 9.02. The molecule has 0 aliphatic carbocycles. The minimum atomic E-state index is -0.837. The Morgan fingerprint density at radius 1 is 1.13 bits per heavy atom. The third kappa shape index (κ3) is 5.38. The van der Waals surface area contributed by atoms with Crippen LogP contribution in [0.3, 0.4) is 0 Å². The van der Waals surface area contributed by atoms with Gasteiger partial charge in [0.05, 0.1) is 32.2 Å². The maximum absolute atomic E-state index is 13.1. The van der Waals surface area contributed by atoms with Crippen LogP contribution in [0.5, 0.6) is 17.2 Å². The van der Waals surface area contributed by atoms with Crippen molar-refractivity contribution in [2.75, 3.05) is 27.9 Å². The highest BCUT2D eigenvalue weighted by atomic mass is 19.1. The number of hydrogen-bond acceptors (Lipinski definition) is 7. The van der Waals surface area contributed by atoms with Crippen LogP contribution in [0.4, 0.5) is 10.1 Å². The molecule has 2 rings (SSSR count).